The van der Waals surface area contributed by atoms with Crippen LogP contribution in [-0.2, 0) is 11.8 Å². The largest absolute Gasteiger partial charge is 0.341 e. The fourth-order valence-corrected chi connectivity index (χ4v) is 2.72. The molecule has 0 aromatic carbocycles. The first-order chi connectivity index (χ1) is 9.13. The Balaban J connectivity index is 2.01. The highest BCUT2D eigenvalue weighted by Crippen LogP contribution is 2.25. The van der Waals surface area contributed by atoms with Gasteiger partial charge in [-0.05, 0) is 19.3 Å². The molecular weight excluding hydrogens is 242 g/mol. The molecule has 2 rings (SSSR count). The number of rotatable bonds is 4. The molecule has 19 heavy (non-hydrogen) atoms. The highest BCUT2D eigenvalue weighted by Gasteiger charge is 2.29. The first-order valence-corrected chi connectivity index (χ1v) is 7.01. The van der Waals surface area contributed by atoms with Crippen molar-refractivity contribution in [2.75, 3.05) is 13.1 Å². The van der Waals surface area contributed by atoms with E-state index in [1.807, 2.05) is 23.4 Å². The van der Waals surface area contributed by atoms with Crippen LogP contribution in [0.2, 0.25) is 0 Å². The third-order valence-corrected chi connectivity index (χ3v) is 3.76. The monoisotopic (exact) mass is 265 g/mol. The van der Waals surface area contributed by atoms with Gasteiger partial charge >= 0.3 is 0 Å². The molecule has 2 N–H and O–H groups in total. The lowest BCUT2D eigenvalue weighted by Crippen LogP contribution is -2.47. The zero-order valence-electron chi connectivity index (χ0n) is 11.7. The Bertz CT molecular complexity index is 430. The number of amides is 1. The van der Waals surface area contributed by atoms with E-state index in [1.165, 1.54) is 0 Å². The van der Waals surface area contributed by atoms with Crippen molar-refractivity contribution in [3.8, 4) is 0 Å². The number of piperidine rings is 1. The summed E-state index contributed by atoms with van der Waals surface area (Å²) in [4.78, 5) is 14.1. The normalized spacial score (nSPS) is 21.4. The van der Waals surface area contributed by atoms with Crippen molar-refractivity contribution in [1.29, 1.82) is 0 Å². The molecule has 6 heteroatoms. The molecule has 0 bridgehead atoms. The first kappa shape index (κ1) is 14.0. The van der Waals surface area contributed by atoms with Crippen LogP contribution in [0.1, 0.15) is 44.3 Å². The predicted octanol–water partition coefficient (Wildman–Crippen LogP) is 0.648. The number of aryl methyl sites for hydroxylation is 1. The number of carbonyl (C=O) groups is 1. The molecule has 0 radical (unpaired) electrons. The van der Waals surface area contributed by atoms with Crippen LogP contribution in [0.25, 0.3) is 0 Å². The predicted molar refractivity (Wildman–Crippen MR) is 72.4 cm³/mol. The molecule has 0 aliphatic carbocycles. The second-order valence-electron chi connectivity index (χ2n) is 5.32. The molecule has 1 unspecified atom stereocenters. The maximum atomic E-state index is 12.2. The Morgan fingerprint density at radius 1 is 1.63 bits per heavy atom. The van der Waals surface area contributed by atoms with E-state index < -0.39 is 0 Å². The molecule has 0 spiro atoms. The summed E-state index contributed by atoms with van der Waals surface area (Å²) in [6, 6.07) is -0.358. The number of carbonyl (C=O) groups excluding carboxylic acids is 1. The standard InChI is InChI=1S/C13H23N5O/c1-3-5-11(14)13(19)18-7-4-6-10(8-18)12-16-15-9-17(12)2/h9-11H,3-8,14H2,1-2H3/t10?,11-/m0/s1. The fraction of sp³-hybridized carbons (Fsp3) is 0.769. The molecule has 1 fully saturated rings. The topological polar surface area (TPSA) is 77.0 Å². The zero-order chi connectivity index (χ0) is 13.8. The maximum absolute atomic E-state index is 12.2. The Kier molecular flexibility index (Phi) is 4.52. The van der Waals surface area contributed by atoms with Crippen molar-refractivity contribution in [3.05, 3.63) is 12.2 Å². The lowest BCUT2D eigenvalue weighted by Gasteiger charge is -2.33. The third kappa shape index (κ3) is 3.12. The summed E-state index contributed by atoms with van der Waals surface area (Å²) in [5.74, 6) is 1.31. The summed E-state index contributed by atoms with van der Waals surface area (Å²) in [5.41, 5.74) is 5.93. The van der Waals surface area contributed by atoms with Gasteiger partial charge in [0, 0.05) is 26.1 Å². The quantitative estimate of drug-likeness (QED) is 0.867. The third-order valence-electron chi connectivity index (χ3n) is 3.76. The lowest BCUT2D eigenvalue weighted by molar-refractivity contribution is -0.134. The average molecular weight is 265 g/mol. The zero-order valence-corrected chi connectivity index (χ0v) is 11.7. The number of hydrogen-bond acceptors (Lipinski definition) is 4. The van der Waals surface area contributed by atoms with Gasteiger partial charge in [-0.1, -0.05) is 13.3 Å². The van der Waals surface area contributed by atoms with Crippen LogP contribution >= 0.6 is 0 Å². The summed E-state index contributed by atoms with van der Waals surface area (Å²) >= 11 is 0. The summed E-state index contributed by atoms with van der Waals surface area (Å²) < 4.78 is 1.94. The molecule has 106 valence electrons. The number of likely N-dealkylation sites (tertiary alicyclic amines) is 1. The Hall–Kier alpha value is -1.43. The van der Waals surface area contributed by atoms with Crippen LogP contribution < -0.4 is 5.73 Å². The minimum Gasteiger partial charge on any atom is -0.341 e. The van der Waals surface area contributed by atoms with Crippen molar-refractivity contribution < 1.29 is 4.79 Å². The summed E-state index contributed by atoms with van der Waals surface area (Å²) in [6.07, 6.45) is 5.46. The lowest BCUT2D eigenvalue weighted by atomic mass is 9.96. The second-order valence-corrected chi connectivity index (χ2v) is 5.32. The van der Waals surface area contributed by atoms with E-state index in [0.717, 1.165) is 38.1 Å². The van der Waals surface area contributed by atoms with Crippen LogP contribution in [-0.4, -0.2) is 44.7 Å². The average Bonchev–Trinajstić information content (AvgIpc) is 2.84. The molecule has 1 aliphatic heterocycles. The van der Waals surface area contributed by atoms with E-state index in [2.05, 4.69) is 10.2 Å². The molecule has 2 atom stereocenters. The molecule has 1 aromatic heterocycles. The van der Waals surface area contributed by atoms with Crippen molar-refractivity contribution >= 4 is 5.91 Å². The highest BCUT2D eigenvalue weighted by atomic mass is 16.2. The Labute approximate surface area is 114 Å². The number of hydrogen-bond donors (Lipinski definition) is 1. The van der Waals surface area contributed by atoms with Crippen molar-refractivity contribution in [2.24, 2.45) is 12.8 Å². The Morgan fingerprint density at radius 3 is 3.05 bits per heavy atom. The van der Waals surface area contributed by atoms with Crippen LogP contribution in [0, 0.1) is 0 Å². The van der Waals surface area contributed by atoms with Gasteiger partial charge in [0.25, 0.3) is 0 Å². The molecular formula is C13H23N5O. The smallest absolute Gasteiger partial charge is 0.239 e. The number of nitrogens with zero attached hydrogens (tertiary/aromatic N) is 4. The molecule has 1 aliphatic rings. The molecule has 1 amide bonds. The van der Waals surface area contributed by atoms with Gasteiger partial charge < -0.3 is 15.2 Å². The maximum Gasteiger partial charge on any atom is 0.239 e. The van der Waals surface area contributed by atoms with Crippen LogP contribution in [0.3, 0.4) is 0 Å². The number of nitrogens with two attached hydrogens (primary N) is 1. The van der Waals surface area contributed by atoms with E-state index in [0.29, 0.717) is 6.54 Å². The van der Waals surface area contributed by atoms with Gasteiger partial charge in [-0.3, -0.25) is 4.79 Å². The molecule has 1 aromatic rings. The summed E-state index contributed by atoms with van der Waals surface area (Å²) in [6.45, 7) is 3.57. The van der Waals surface area contributed by atoms with E-state index in [9.17, 15) is 4.79 Å². The van der Waals surface area contributed by atoms with Gasteiger partial charge in [-0.2, -0.15) is 0 Å². The van der Waals surface area contributed by atoms with Gasteiger partial charge in [0.1, 0.15) is 12.2 Å². The summed E-state index contributed by atoms with van der Waals surface area (Å²) in [7, 11) is 1.94. The SMILES string of the molecule is CCC[C@H](N)C(=O)N1CCCC(c2nncn2C)C1. The van der Waals surface area contributed by atoms with E-state index in [-0.39, 0.29) is 17.9 Å². The van der Waals surface area contributed by atoms with E-state index in [1.54, 1.807) is 6.33 Å². The summed E-state index contributed by atoms with van der Waals surface area (Å²) in [5, 5.41) is 8.07. The van der Waals surface area contributed by atoms with E-state index in [4.69, 9.17) is 5.73 Å². The van der Waals surface area contributed by atoms with Crippen LogP contribution in [0.15, 0.2) is 6.33 Å². The van der Waals surface area contributed by atoms with Gasteiger partial charge in [-0.25, -0.2) is 0 Å². The highest BCUT2D eigenvalue weighted by molar-refractivity contribution is 5.81. The fourth-order valence-electron chi connectivity index (χ4n) is 2.72. The molecule has 1 saturated heterocycles. The minimum atomic E-state index is -0.358. The van der Waals surface area contributed by atoms with Gasteiger partial charge in [-0.15, -0.1) is 10.2 Å². The molecule has 2 heterocycles. The van der Waals surface area contributed by atoms with E-state index >= 15 is 0 Å². The van der Waals surface area contributed by atoms with Gasteiger partial charge in [0.15, 0.2) is 0 Å². The van der Waals surface area contributed by atoms with Crippen molar-refractivity contribution in [2.45, 2.75) is 44.6 Å². The second kappa shape index (κ2) is 6.14. The Morgan fingerprint density at radius 2 is 2.42 bits per heavy atom. The minimum absolute atomic E-state index is 0.0775. The van der Waals surface area contributed by atoms with Gasteiger partial charge in [0.2, 0.25) is 5.91 Å². The van der Waals surface area contributed by atoms with Crippen LogP contribution in [0.5, 0.6) is 0 Å². The van der Waals surface area contributed by atoms with Crippen molar-refractivity contribution in [1.82, 2.24) is 19.7 Å². The van der Waals surface area contributed by atoms with Gasteiger partial charge in [0.05, 0.1) is 6.04 Å². The molecule has 0 saturated carbocycles. The first-order valence-electron chi connectivity index (χ1n) is 7.01. The number of aromatic nitrogens is 3. The van der Waals surface area contributed by atoms with Crippen LogP contribution in [0.4, 0.5) is 0 Å². The van der Waals surface area contributed by atoms with Crippen molar-refractivity contribution in [3.63, 3.8) is 0 Å². The molecule has 6 nitrogen and oxygen atoms in total.